The highest BCUT2D eigenvalue weighted by Gasteiger charge is 2.48. The zero-order valence-electron chi connectivity index (χ0n) is 14.5. The number of amides is 3. The van der Waals surface area contributed by atoms with Crippen LogP contribution in [0.5, 0.6) is 11.5 Å². The zero-order chi connectivity index (χ0) is 18.1. The molecule has 0 radical (unpaired) electrons. The highest BCUT2D eigenvalue weighted by Crippen LogP contribution is 2.37. The average Bonchev–Trinajstić information content (AvgIpc) is 2.91. The summed E-state index contributed by atoms with van der Waals surface area (Å²) >= 11 is 0. The second-order valence-corrected chi connectivity index (χ2v) is 7.01. The predicted octanol–water partition coefficient (Wildman–Crippen LogP) is 1.25. The Morgan fingerprint density at radius 3 is 2.38 bits per heavy atom. The molecule has 26 heavy (non-hydrogen) atoms. The molecular formula is C19H22N2O5. The van der Waals surface area contributed by atoms with Crippen molar-refractivity contribution in [2.75, 3.05) is 19.8 Å². The number of fused-ring (bicyclic) bond motifs is 2. The Hall–Kier alpha value is -2.57. The first-order valence-electron chi connectivity index (χ1n) is 9.14. The van der Waals surface area contributed by atoms with Crippen molar-refractivity contribution in [3.8, 4) is 11.5 Å². The van der Waals surface area contributed by atoms with Crippen molar-refractivity contribution < 1.29 is 23.9 Å². The number of benzene rings is 1. The molecule has 1 N–H and O–H groups in total. The van der Waals surface area contributed by atoms with Crippen LogP contribution in [-0.4, -0.2) is 42.4 Å². The molecular weight excluding hydrogens is 336 g/mol. The normalized spacial score (nSPS) is 24.4. The van der Waals surface area contributed by atoms with E-state index >= 15 is 0 Å². The van der Waals surface area contributed by atoms with Gasteiger partial charge in [0.1, 0.15) is 19.8 Å². The maximum absolute atomic E-state index is 12.4. The van der Waals surface area contributed by atoms with Crippen LogP contribution in [0.2, 0.25) is 0 Å². The first kappa shape index (κ1) is 16.9. The standard InChI is InChI=1S/C19H22N2O5/c22-17(11-21-18(23)13-3-1-2-4-14(13)19(21)24)20-10-12-5-6-15-16(9-12)26-8-7-25-15/h5-6,9,13-14H,1-4,7-8,10-11H2,(H,20,22). The SMILES string of the molecule is O=C(CN1C(=O)C2CCCCC2C1=O)NCc1ccc2c(c1)OCCO2. The summed E-state index contributed by atoms with van der Waals surface area (Å²) in [7, 11) is 0. The van der Waals surface area contributed by atoms with Crippen LogP contribution < -0.4 is 14.8 Å². The highest BCUT2D eigenvalue weighted by atomic mass is 16.6. The Kier molecular flexibility index (Phi) is 4.53. The first-order valence-corrected chi connectivity index (χ1v) is 9.14. The second kappa shape index (κ2) is 6.97. The van der Waals surface area contributed by atoms with Crippen molar-refractivity contribution in [2.24, 2.45) is 11.8 Å². The van der Waals surface area contributed by atoms with E-state index in [0.717, 1.165) is 36.1 Å². The van der Waals surface area contributed by atoms with E-state index in [0.29, 0.717) is 31.3 Å². The third-order valence-corrected chi connectivity index (χ3v) is 5.33. The molecule has 0 spiro atoms. The number of nitrogens with zero attached hydrogens (tertiary/aromatic N) is 1. The van der Waals surface area contributed by atoms with Gasteiger partial charge in [-0.1, -0.05) is 18.9 Å². The molecule has 0 bridgehead atoms. The van der Waals surface area contributed by atoms with Crippen LogP contribution >= 0.6 is 0 Å². The lowest BCUT2D eigenvalue weighted by Crippen LogP contribution is -2.40. The molecule has 2 aliphatic heterocycles. The summed E-state index contributed by atoms with van der Waals surface area (Å²) in [4.78, 5) is 38.2. The molecule has 7 nitrogen and oxygen atoms in total. The Labute approximate surface area is 151 Å². The Morgan fingerprint density at radius 1 is 1.04 bits per heavy atom. The van der Waals surface area contributed by atoms with Gasteiger partial charge < -0.3 is 14.8 Å². The lowest BCUT2D eigenvalue weighted by Gasteiger charge is -2.19. The number of carbonyl (C=O) groups excluding carboxylic acids is 3. The molecule has 4 rings (SSSR count). The lowest BCUT2D eigenvalue weighted by molar-refractivity contribution is -0.143. The molecule has 1 saturated carbocycles. The van der Waals surface area contributed by atoms with E-state index in [-0.39, 0.29) is 36.1 Å². The van der Waals surface area contributed by atoms with Crippen LogP contribution in [0, 0.1) is 11.8 Å². The molecule has 1 aromatic carbocycles. The number of ether oxygens (including phenoxy) is 2. The van der Waals surface area contributed by atoms with E-state index in [1.54, 1.807) is 0 Å². The second-order valence-electron chi connectivity index (χ2n) is 7.01. The number of likely N-dealkylation sites (tertiary alicyclic amines) is 1. The fourth-order valence-corrected chi connectivity index (χ4v) is 3.98. The molecule has 0 aromatic heterocycles. The Balaban J connectivity index is 1.34. The summed E-state index contributed by atoms with van der Waals surface area (Å²) in [6.07, 6.45) is 3.46. The van der Waals surface area contributed by atoms with Gasteiger partial charge in [-0.2, -0.15) is 0 Å². The third kappa shape index (κ3) is 3.13. The molecule has 1 saturated heterocycles. The maximum atomic E-state index is 12.4. The quantitative estimate of drug-likeness (QED) is 0.819. The first-order chi connectivity index (χ1) is 12.6. The van der Waals surface area contributed by atoms with E-state index < -0.39 is 0 Å². The minimum atomic E-state index is -0.333. The van der Waals surface area contributed by atoms with Gasteiger partial charge in [0.05, 0.1) is 11.8 Å². The van der Waals surface area contributed by atoms with E-state index in [4.69, 9.17) is 9.47 Å². The topological polar surface area (TPSA) is 84.9 Å². The third-order valence-electron chi connectivity index (χ3n) is 5.33. The van der Waals surface area contributed by atoms with Gasteiger partial charge >= 0.3 is 0 Å². The van der Waals surface area contributed by atoms with Crippen LogP contribution in [0.3, 0.4) is 0 Å². The molecule has 2 fully saturated rings. The number of rotatable bonds is 4. The largest absolute Gasteiger partial charge is 0.486 e. The van der Waals surface area contributed by atoms with Crippen molar-refractivity contribution >= 4 is 17.7 Å². The molecule has 2 atom stereocenters. The highest BCUT2D eigenvalue weighted by molar-refractivity contribution is 6.07. The molecule has 7 heteroatoms. The molecule has 2 unspecified atom stereocenters. The molecule has 3 aliphatic rings. The van der Waals surface area contributed by atoms with Gasteiger partial charge in [0.25, 0.3) is 0 Å². The van der Waals surface area contributed by atoms with Gasteiger partial charge in [0, 0.05) is 6.54 Å². The predicted molar refractivity (Wildman–Crippen MR) is 91.4 cm³/mol. The van der Waals surface area contributed by atoms with Crippen molar-refractivity contribution in [3.63, 3.8) is 0 Å². The summed E-state index contributed by atoms with van der Waals surface area (Å²) in [6, 6.07) is 5.50. The molecule has 1 aliphatic carbocycles. The van der Waals surface area contributed by atoms with Gasteiger partial charge in [-0.15, -0.1) is 0 Å². The molecule has 3 amide bonds. The number of hydrogen-bond donors (Lipinski definition) is 1. The van der Waals surface area contributed by atoms with Gasteiger partial charge in [0.2, 0.25) is 17.7 Å². The van der Waals surface area contributed by atoms with Gasteiger partial charge in [0.15, 0.2) is 11.5 Å². The summed E-state index contributed by atoms with van der Waals surface area (Å²) in [5, 5.41) is 2.77. The van der Waals surface area contributed by atoms with E-state index in [1.807, 2.05) is 18.2 Å². The number of nitrogens with one attached hydrogen (secondary N) is 1. The van der Waals surface area contributed by atoms with Crippen LogP contribution in [0.4, 0.5) is 0 Å². The Bertz CT molecular complexity index is 723. The van der Waals surface area contributed by atoms with E-state index in [9.17, 15) is 14.4 Å². The average molecular weight is 358 g/mol. The fourth-order valence-electron chi connectivity index (χ4n) is 3.98. The minimum Gasteiger partial charge on any atom is -0.486 e. The van der Waals surface area contributed by atoms with Crippen LogP contribution in [0.15, 0.2) is 18.2 Å². The molecule has 1 aromatic rings. The Morgan fingerprint density at radius 2 is 1.69 bits per heavy atom. The van der Waals surface area contributed by atoms with Crippen molar-refractivity contribution in [1.82, 2.24) is 10.2 Å². The molecule has 2 heterocycles. The summed E-state index contributed by atoms with van der Waals surface area (Å²) in [6.45, 7) is 1.14. The molecule has 138 valence electrons. The zero-order valence-corrected chi connectivity index (χ0v) is 14.5. The van der Waals surface area contributed by atoms with Crippen molar-refractivity contribution in [2.45, 2.75) is 32.2 Å². The maximum Gasteiger partial charge on any atom is 0.240 e. The summed E-state index contributed by atoms with van der Waals surface area (Å²) in [5.74, 6) is 0.214. The summed E-state index contributed by atoms with van der Waals surface area (Å²) in [5.41, 5.74) is 0.871. The number of hydrogen-bond acceptors (Lipinski definition) is 5. The van der Waals surface area contributed by atoms with Gasteiger partial charge in [-0.3, -0.25) is 19.3 Å². The van der Waals surface area contributed by atoms with Gasteiger partial charge in [-0.25, -0.2) is 0 Å². The van der Waals surface area contributed by atoms with Crippen LogP contribution in [0.1, 0.15) is 31.2 Å². The van der Waals surface area contributed by atoms with Crippen molar-refractivity contribution in [1.29, 1.82) is 0 Å². The smallest absolute Gasteiger partial charge is 0.240 e. The summed E-state index contributed by atoms with van der Waals surface area (Å²) < 4.78 is 11.0. The van der Waals surface area contributed by atoms with Crippen molar-refractivity contribution in [3.05, 3.63) is 23.8 Å². The number of carbonyl (C=O) groups is 3. The fraction of sp³-hybridized carbons (Fsp3) is 0.526. The van der Waals surface area contributed by atoms with Crippen LogP contribution in [-0.2, 0) is 20.9 Å². The van der Waals surface area contributed by atoms with E-state index in [2.05, 4.69) is 5.32 Å². The number of imide groups is 1. The van der Waals surface area contributed by atoms with Gasteiger partial charge in [-0.05, 0) is 30.5 Å². The monoisotopic (exact) mass is 358 g/mol. The lowest BCUT2D eigenvalue weighted by atomic mass is 9.81. The van der Waals surface area contributed by atoms with E-state index in [1.165, 1.54) is 0 Å². The van der Waals surface area contributed by atoms with Crippen LogP contribution in [0.25, 0.3) is 0 Å². The minimum absolute atomic E-state index is 0.186.